The zero-order valence-electron chi connectivity index (χ0n) is 19.4. The fourth-order valence-electron chi connectivity index (χ4n) is 3.82. The van der Waals surface area contributed by atoms with Crippen LogP contribution in [0.4, 0.5) is 0 Å². The Hall–Kier alpha value is -3.08. The minimum absolute atomic E-state index is 0. The van der Waals surface area contributed by atoms with E-state index in [-0.39, 0.29) is 42.3 Å². The molecule has 4 rings (SSSR count). The number of rotatable bonds is 6. The number of guanidine groups is 1. The minimum atomic E-state index is -0.129. The molecule has 0 saturated carbocycles. The van der Waals surface area contributed by atoms with E-state index in [0.29, 0.717) is 37.7 Å². The van der Waals surface area contributed by atoms with E-state index in [1.807, 2.05) is 37.3 Å². The van der Waals surface area contributed by atoms with Crippen LogP contribution in [-0.4, -0.2) is 48.9 Å². The summed E-state index contributed by atoms with van der Waals surface area (Å²) in [6.07, 6.45) is 0. The molecule has 34 heavy (non-hydrogen) atoms. The van der Waals surface area contributed by atoms with Gasteiger partial charge in [-0.15, -0.1) is 24.0 Å². The van der Waals surface area contributed by atoms with Crippen LogP contribution in [0, 0.1) is 6.92 Å². The topological polar surface area (TPSA) is 99.0 Å². The van der Waals surface area contributed by atoms with E-state index in [0.717, 1.165) is 34.4 Å². The van der Waals surface area contributed by atoms with Crippen LogP contribution in [0.15, 0.2) is 57.9 Å². The van der Waals surface area contributed by atoms with Crippen LogP contribution < -0.4 is 16.0 Å². The lowest BCUT2D eigenvalue weighted by atomic mass is 10.1. The predicted octanol–water partition coefficient (Wildman–Crippen LogP) is 3.19. The maximum Gasteiger partial charge on any atom is 0.254 e. The second-order valence-corrected chi connectivity index (χ2v) is 7.97. The quantitative estimate of drug-likeness (QED) is 0.238. The highest BCUT2D eigenvalue weighted by Crippen LogP contribution is 2.24. The van der Waals surface area contributed by atoms with Crippen LogP contribution in [0.5, 0.6) is 0 Å². The van der Waals surface area contributed by atoms with Crippen molar-refractivity contribution in [2.75, 3.05) is 26.2 Å². The first-order valence-electron chi connectivity index (χ1n) is 11.2. The van der Waals surface area contributed by atoms with Crippen LogP contribution in [0.25, 0.3) is 11.0 Å². The number of piperazine rings is 1. The Labute approximate surface area is 216 Å². The zero-order chi connectivity index (χ0) is 23.2. The molecule has 2 amide bonds. The zero-order valence-corrected chi connectivity index (χ0v) is 21.7. The van der Waals surface area contributed by atoms with E-state index in [1.165, 1.54) is 0 Å². The van der Waals surface area contributed by atoms with Crippen LogP contribution in [0.2, 0.25) is 0 Å². The number of amides is 2. The van der Waals surface area contributed by atoms with Crippen molar-refractivity contribution in [3.63, 3.8) is 0 Å². The van der Waals surface area contributed by atoms with Gasteiger partial charge in [0, 0.05) is 36.1 Å². The molecule has 1 aromatic heterocycles. The lowest BCUT2D eigenvalue weighted by Gasteiger charge is -2.26. The van der Waals surface area contributed by atoms with Gasteiger partial charge in [0.2, 0.25) is 5.91 Å². The third-order valence-corrected chi connectivity index (χ3v) is 5.65. The van der Waals surface area contributed by atoms with Crippen molar-refractivity contribution in [1.82, 2.24) is 20.9 Å². The number of hydrogen-bond donors (Lipinski definition) is 3. The predicted molar refractivity (Wildman–Crippen MR) is 143 cm³/mol. The number of carbonyl (C=O) groups is 2. The molecular weight excluding hydrogens is 545 g/mol. The van der Waals surface area contributed by atoms with Crippen molar-refractivity contribution in [2.45, 2.75) is 26.9 Å². The summed E-state index contributed by atoms with van der Waals surface area (Å²) in [6, 6.07) is 15.4. The van der Waals surface area contributed by atoms with Crippen molar-refractivity contribution in [3.8, 4) is 0 Å². The number of hydrogen-bond acceptors (Lipinski definition) is 4. The van der Waals surface area contributed by atoms with E-state index >= 15 is 0 Å². The van der Waals surface area contributed by atoms with Gasteiger partial charge in [0.15, 0.2) is 5.96 Å². The monoisotopic (exact) mass is 575 g/mol. The van der Waals surface area contributed by atoms with Gasteiger partial charge in [0.05, 0.1) is 19.6 Å². The van der Waals surface area contributed by atoms with Crippen molar-refractivity contribution in [2.24, 2.45) is 4.99 Å². The van der Waals surface area contributed by atoms with E-state index in [9.17, 15) is 9.59 Å². The first kappa shape index (κ1) is 25.5. The summed E-state index contributed by atoms with van der Waals surface area (Å²) in [5.74, 6) is 1.32. The maximum absolute atomic E-state index is 12.6. The summed E-state index contributed by atoms with van der Waals surface area (Å²) in [6.45, 7) is 6.94. The Morgan fingerprint density at radius 2 is 1.91 bits per heavy atom. The third kappa shape index (κ3) is 6.07. The van der Waals surface area contributed by atoms with Crippen molar-refractivity contribution < 1.29 is 14.0 Å². The Kier molecular flexibility index (Phi) is 8.91. The highest BCUT2D eigenvalue weighted by Gasteiger charge is 2.22. The van der Waals surface area contributed by atoms with Crippen molar-refractivity contribution in [3.05, 3.63) is 71.0 Å². The maximum atomic E-state index is 12.6. The normalized spacial score (nSPS) is 13.9. The molecule has 0 aliphatic carbocycles. The number of nitrogens with one attached hydrogen (secondary N) is 3. The lowest BCUT2D eigenvalue weighted by molar-refractivity contribution is -0.123. The van der Waals surface area contributed by atoms with Gasteiger partial charge >= 0.3 is 0 Å². The van der Waals surface area contributed by atoms with E-state index in [1.54, 1.807) is 17.0 Å². The molecule has 2 heterocycles. The summed E-state index contributed by atoms with van der Waals surface area (Å²) < 4.78 is 5.98. The van der Waals surface area contributed by atoms with Gasteiger partial charge in [-0.05, 0) is 37.6 Å². The number of carbonyl (C=O) groups excluding carboxylic acids is 2. The molecule has 1 aliphatic rings. The molecule has 0 bridgehead atoms. The number of furan rings is 1. The number of fused-ring (bicyclic) bond motifs is 1. The molecule has 0 spiro atoms. The van der Waals surface area contributed by atoms with Gasteiger partial charge in [0.1, 0.15) is 11.3 Å². The Bertz CT molecular complexity index is 1170. The van der Waals surface area contributed by atoms with E-state index in [2.05, 4.69) is 33.9 Å². The first-order chi connectivity index (χ1) is 16.0. The van der Waals surface area contributed by atoms with Gasteiger partial charge in [-0.3, -0.25) is 9.59 Å². The van der Waals surface area contributed by atoms with Gasteiger partial charge in [-0.1, -0.05) is 30.3 Å². The summed E-state index contributed by atoms with van der Waals surface area (Å²) in [4.78, 5) is 30.4. The van der Waals surface area contributed by atoms with E-state index in [4.69, 9.17) is 4.42 Å². The summed E-state index contributed by atoms with van der Waals surface area (Å²) in [5, 5.41) is 10.4. The van der Waals surface area contributed by atoms with Crippen molar-refractivity contribution >= 4 is 52.7 Å². The number of para-hydroxylation sites is 1. The van der Waals surface area contributed by atoms with Gasteiger partial charge in [-0.2, -0.15) is 0 Å². The standard InChI is InChI=1S/C25H29N5O3.HI/c1-3-26-25(29-15-22-17(2)20-6-4-5-7-21(20)33-22)28-14-18-8-10-19(11-9-18)24(32)30-13-12-27-23(31)16-30;/h4-11H,3,12-16H2,1-2H3,(H,27,31)(H2,26,28,29);1H. The minimum Gasteiger partial charge on any atom is -0.459 e. The highest BCUT2D eigenvalue weighted by atomic mass is 127. The molecule has 3 aromatic rings. The second-order valence-electron chi connectivity index (χ2n) is 7.97. The molecule has 3 N–H and O–H groups in total. The Morgan fingerprint density at radius 1 is 1.15 bits per heavy atom. The Morgan fingerprint density at radius 3 is 2.62 bits per heavy atom. The van der Waals surface area contributed by atoms with Crippen molar-refractivity contribution in [1.29, 1.82) is 0 Å². The molecule has 0 radical (unpaired) electrons. The molecule has 1 fully saturated rings. The average molecular weight is 575 g/mol. The number of halogens is 1. The number of aryl methyl sites for hydroxylation is 1. The van der Waals surface area contributed by atoms with Crippen LogP contribution in [0.1, 0.15) is 34.2 Å². The number of nitrogens with zero attached hydrogens (tertiary/aromatic N) is 2. The molecule has 0 unspecified atom stereocenters. The van der Waals surface area contributed by atoms with E-state index < -0.39 is 0 Å². The SMILES string of the molecule is CCNC(=NCc1ccc(C(=O)N2CCNC(=O)C2)cc1)NCc1oc2ccccc2c1C.I. The molecule has 180 valence electrons. The summed E-state index contributed by atoms with van der Waals surface area (Å²) in [5.41, 5.74) is 3.57. The van der Waals surface area contributed by atoms with Gasteiger partial charge < -0.3 is 25.3 Å². The molecule has 9 heteroatoms. The molecular formula is C25H30IN5O3. The smallest absolute Gasteiger partial charge is 0.254 e. The summed E-state index contributed by atoms with van der Waals surface area (Å²) >= 11 is 0. The fraction of sp³-hybridized carbons (Fsp3) is 0.320. The fourth-order valence-corrected chi connectivity index (χ4v) is 3.82. The van der Waals surface area contributed by atoms with Gasteiger partial charge in [-0.25, -0.2) is 4.99 Å². The molecule has 8 nitrogen and oxygen atoms in total. The van der Waals surface area contributed by atoms with Crippen LogP contribution >= 0.6 is 24.0 Å². The Balaban J connectivity index is 0.00000324. The van der Waals surface area contributed by atoms with Gasteiger partial charge in [0.25, 0.3) is 5.91 Å². The molecule has 2 aromatic carbocycles. The third-order valence-electron chi connectivity index (χ3n) is 5.65. The molecule has 1 saturated heterocycles. The lowest BCUT2D eigenvalue weighted by Crippen LogP contribution is -2.49. The average Bonchev–Trinajstić information content (AvgIpc) is 3.16. The molecule has 1 aliphatic heterocycles. The number of aliphatic imine (C=N–C) groups is 1. The largest absolute Gasteiger partial charge is 0.459 e. The summed E-state index contributed by atoms with van der Waals surface area (Å²) in [7, 11) is 0. The van der Waals surface area contributed by atoms with Crippen LogP contribution in [0.3, 0.4) is 0 Å². The number of benzene rings is 2. The highest BCUT2D eigenvalue weighted by molar-refractivity contribution is 14.0. The molecule has 0 atom stereocenters. The first-order valence-corrected chi connectivity index (χ1v) is 11.2. The van der Waals surface area contributed by atoms with Crippen LogP contribution in [-0.2, 0) is 17.9 Å². The second kappa shape index (κ2) is 11.9.